The zero-order valence-electron chi connectivity index (χ0n) is 16.7. The van der Waals surface area contributed by atoms with Crippen LogP contribution in [0.5, 0.6) is 0 Å². The van der Waals surface area contributed by atoms with E-state index in [9.17, 15) is 27.1 Å². The third-order valence-electron chi connectivity index (χ3n) is 5.50. The third kappa shape index (κ3) is 4.26. The molecule has 0 radical (unpaired) electrons. The van der Waals surface area contributed by atoms with Crippen LogP contribution in [0, 0.1) is 18.6 Å². The Bertz CT molecular complexity index is 1130. The van der Waals surface area contributed by atoms with Gasteiger partial charge in [0, 0.05) is 25.2 Å². The van der Waals surface area contributed by atoms with Gasteiger partial charge < -0.3 is 14.8 Å². The molecule has 0 aliphatic heterocycles. The number of hydrogen-bond acceptors (Lipinski definition) is 5. The Kier molecular flexibility index (Phi) is 6.03. The quantitative estimate of drug-likeness (QED) is 0.575. The second-order valence-electron chi connectivity index (χ2n) is 7.82. The van der Waals surface area contributed by atoms with Gasteiger partial charge in [0.1, 0.15) is 5.82 Å². The van der Waals surface area contributed by atoms with E-state index in [2.05, 4.69) is 4.72 Å². The zero-order valence-corrected chi connectivity index (χ0v) is 17.5. The summed E-state index contributed by atoms with van der Waals surface area (Å²) in [6.45, 7) is 1.14. The van der Waals surface area contributed by atoms with Crippen molar-refractivity contribution in [3.05, 3.63) is 63.1 Å². The van der Waals surface area contributed by atoms with Crippen molar-refractivity contribution < 1.29 is 27.4 Å². The van der Waals surface area contributed by atoms with Gasteiger partial charge in [0.15, 0.2) is 5.82 Å². The molecule has 0 bridgehead atoms. The molecule has 3 N–H and O–H groups in total. The molecule has 164 valence electrons. The van der Waals surface area contributed by atoms with E-state index >= 15 is 0 Å². The molecule has 1 aromatic heterocycles. The van der Waals surface area contributed by atoms with Crippen molar-refractivity contribution in [1.82, 2.24) is 4.57 Å². The molecule has 0 amide bonds. The van der Waals surface area contributed by atoms with Gasteiger partial charge in [-0.2, -0.15) is 0 Å². The van der Waals surface area contributed by atoms with E-state index in [0.29, 0.717) is 5.56 Å². The molecule has 1 heterocycles. The number of sulfonamides is 1. The number of nitrogens with one attached hydrogen (secondary N) is 1. The molecule has 1 atom stereocenters. The van der Waals surface area contributed by atoms with Crippen LogP contribution in [-0.2, 0) is 23.5 Å². The van der Waals surface area contributed by atoms with Crippen molar-refractivity contribution in [2.24, 2.45) is 7.05 Å². The second-order valence-corrected chi connectivity index (χ2v) is 9.89. The lowest BCUT2D eigenvalue weighted by molar-refractivity contribution is 0.0858. The van der Waals surface area contributed by atoms with Gasteiger partial charge in [0.2, 0.25) is 10.0 Å². The average Bonchev–Trinajstić information content (AvgIpc) is 3.45. The number of hydrogen-bond donors (Lipinski definition) is 3. The maximum atomic E-state index is 14.3. The Morgan fingerprint density at radius 2 is 1.90 bits per heavy atom. The van der Waals surface area contributed by atoms with Crippen molar-refractivity contribution in [2.45, 2.75) is 43.5 Å². The van der Waals surface area contributed by atoms with Gasteiger partial charge in [0.05, 0.1) is 23.1 Å². The minimum atomic E-state index is -4.08. The normalized spacial score (nSPS) is 16.3. The predicted octanol–water partition coefficient (Wildman–Crippen LogP) is 1.58. The minimum Gasteiger partial charge on any atom is -0.394 e. The van der Waals surface area contributed by atoms with Crippen LogP contribution < -0.4 is 10.3 Å². The number of aliphatic hydroxyl groups is 2. The highest BCUT2D eigenvalue weighted by molar-refractivity contribution is 7.94. The molecule has 2 aromatic rings. The van der Waals surface area contributed by atoms with Crippen molar-refractivity contribution in [2.75, 3.05) is 11.3 Å². The van der Waals surface area contributed by atoms with Crippen LogP contribution in [0.4, 0.5) is 14.5 Å². The fraction of sp³-hybridized carbons (Fsp3) is 0.450. The highest BCUT2D eigenvalue weighted by Crippen LogP contribution is 2.48. The molecule has 0 saturated heterocycles. The number of nitrogens with zero attached hydrogens (tertiary/aromatic N) is 1. The minimum absolute atomic E-state index is 0.103. The zero-order chi connectivity index (χ0) is 22.3. The number of aliphatic hydroxyl groups excluding tert-OH is 2. The number of pyridine rings is 1. The molecule has 1 aliphatic rings. The summed E-state index contributed by atoms with van der Waals surface area (Å²) >= 11 is 0. The van der Waals surface area contributed by atoms with Gasteiger partial charge in [-0.3, -0.25) is 9.52 Å². The van der Waals surface area contributed by atoms with E-state index in [1.165, 1.54) is 19.2 Å². The summed E-state index contributed by atoms with van der Waals surface area (Å²) in [6.07, 6.45) is -0.968. The number of halogens is 2. The first-order chi connectivity index (χ1) is 14.0. The van der Waals surface area contributed by atoms with Crippen molar-refractivity contribution in [1.29, 1.82) is 0 Å². The lowest BCUT2D eigenvalue weighted by Crippen LogP contribution is -2.35. The fourth-order valence-electron chi connectivity index (χ4n) is 3.48. The van der Waals surface area contributed by atoms with Crippen LogP contribution in [0.1, 0.15) is 36.1 Å². The van der Waals surface area contributed by atoms with Crippen molar-refractivity contribution in [3.63, 3.8) is 0 Å². The molecule has 10 heteroatoms. The molecular formula is C20H24F2N2O5S. The molecule has 7 nitrogen and oxygen atoms in total. The van der Waals surface area contributed by atoms with E-state index in [1.807, 2.05) is 0 Å². The Hall–Kier alpha value is -2.30. The molecule has 30 heavy (non-hydrogen) atoms. The summed E-state index contributed by atoms with van der Waals surface area (Å²) in [5.41, 5.74) is -0.106. The van der Waals surface area contributed by atoms with Gasteiger partial charge in [-0.15, -0.1) is 0 Å². The lowest BCUT2D eigenvalue weighted by Gasteiger charge is -2.22. The van der Waals surface area contributed by atoms with Crippen molar-refractivity contribution >= 4 is 15.7 Å². The summed E-state index contributed by atoms with van der Waals surface area (Å²) in [6, 6.07) is 5.31. The summed E-state index contributed by atoms with van der Waals surface area (Å²) in [4.78, 5) is 12.1. The fourth-order valence-corrected chi connectivity index (χ4v) is 5.22. The van der Waals surface area contributed by atoms with Crippen LogP contribution in [0.2, 0.25) is 0 Å². The molecule has 1 aromatic carbocycles. The molecule has 0 spiro atoms. The van der Waals surface area contributed by atoms with Crippen LogP contribution in [-0.4, -0.2) is 40.7 Å². The number of rotatable bonds is 8. The molecule has 1 aliphatic carbocycles. The number of aromatic nitrogens is 1. The molecule has 1 fully saturated rings. The smallest absolute Gasteiger partial charge is 0.286 e. The predicted molar refractivity (Wildman–Crippen MR) is 108 cm³/mol. The summed E-state index contributed by atoms with van der Waals surface area (Å²) in [5.74, 6) is -1.67. The van der Waals surface area contributed by atoms with Gasteiger partial charge in [-0.25, -0.2) is 17.2 Å². The Balaban J connectivity index is 2.01. The maximum absolute atomic E-state index is 14.3. The van der Waals surface area contributed by atoms with Crippen LogP contribution in [0.3, 0.4) is 0 Å². The molecular weight excluding hydrogens is 418 g/mol. The van der Waals surface area contributed by atoms with Gasteiger partial charge in [-0.05, 0) is 43.4 Å². The molecule has 3 rings (SSSR count). The van der Waals surface area contributed by atoms with Gasteiger partial charge >= 0.3 is 0 Å². The first-order valence-electron chi connectivity index (χ1n) is 9.44. The Morgan fingerprint density at radius 3 is 2.47 bits per heavy atom. The third-order valence-corrected chi connectivity index (χ3v) is 7.71. The number of aryl methyl sites for hydroxylation is 1. The average molecular weight is 442 g/mol. The topological polar surface area (TPSA) is 109 Å². The lowest BCUT2D eigenvalue weighted by atomic mass is 10.1. The number of anilines is 1. The highest BCUT2D eigenvalue weighted by Gasteiger charge is 2.55. The highest BCUT2D eigenvalue weighted by atomic mass is 32.2. The summed E-state index contributed by atoms with van der Waals surface area (Å²) in [5, 5.41) is 18.8. The van der Waals surface area contributed by atoms with E-state index in [1.54, 1.807) is 13.0 Å². The number of benzene rings is 1. The first kappa shape index (κ1) is 22.4. The monoisotopic (exact) mass is 442 g/mol. The largest absolute Gasteiger partial charge is 0.394 e. The van der Waals surface area contributed by atoms with Crippen LogP contribution >= 0.6 is 0 Å². The van der Waals surface area contributed by atoms with E-state index in [0.717, 1.165) is 10.6 Å². The first-order valence-corrected chi connectivity index (χ1v) is 10.9. The molecule has 1 saturated carbocycles. The van der Waals surface area contributed by atoms with Gasteiger partial charge in [-0.1, -0.05) is 12.1 Å². The Morgan fingerprint density at radius 1 is 1.23 bits per heavy atom. The second kappa shape index (κ2) is 8.09. The van der Waals surface area contributed by atoms with E-state index in [-0.39, 0.29) is 42.6 Å². The van der Waals surface area contributed by atoms with E-state index in [4.69, 9.17) is 5.11 Å². The van der Waals surface area contributed by atoms with Crippen LogP contribution in [0.25, 0.3) is 0 Å². The summed E-state index contributed by atoms with van der Waals surface area (Å²) in [7, 11) is -2.80. The Labute approximate surface area is 173 Å². The van der Waals surface area contributed by atoms with E-state index < -0.39 is 44.7 Å². The molecule has 0 unspecified atom stereocenters. The summed E-state index contributed by atoms with van der Waals surface area (Å²) < 4.78 is 56.4. The maximum Gasteiger partial charge on any atom is 0.286 e. The van der Waals surface area contributed by atoms with Gasteiger partial charge in [0.25, 0.3) is 5.56 Å². The van der Waals surface area contributed by atoms with Crippen LogP contribution in [0.15, 0.2) is 29.1 Å². The van der Waals surface area contributed by atoms with Crippen molar-refractivity contribution in [3.8, 4) is 0 Å². The SMILES string of the molecule is Cc1ccc(Cc2c(NS(=O)(=O)C3(C[C@@H](O)CO)CC3)cc(F)c(=O)n2C)c(F)c1. The standard InChI is InChI=1S/C20H24F2N2O5S/c1-12-3-4-13(15(21)7-12)8-18-17(9-16(22)19(27)24(18)2)23-30(28,29)20(5-6-20)10-14(26)11-25/h3-4,7,9,14,23,25-26H,5-6,8,10-11H2,1-2H3/t14-/m1/s1.